The number of carbonyl (C=O) groups excluding carboxylic acids is 1. The molecule has 0 aromatic heterocycles. The van der Waals surface area contributed by atoms with Gasteiger partial charge in [-0.15, -0.1) is 0 Å². The average molecular weight is 240 g/mol. The third-order valence-electron chi connectivity index (χ3n) is 2.86. The molecule has 5 heteroatoms. The monoisotopic (exact) mass is 240 g/mol. The van der Waals surface area contributed by atoms with E-state index in [-0.39, 0.29) is 18.4 Å². The Hall–Kier alpha value is -1.49. The first-order valence-electron chi connectivity index (χ1n) is 5.53. The highest BCUT2D eigenvalue weighted by Gasteiger charge is 2.23. The Balaban J connectivity index is 2.03. The highest BCUT2D eigenvalue weighted by molar-refractivity contribution is 5.79. The third-order valence-corrected chi connectivity index (χ3v) is 2.86. The Kier molecular flexibility index (Phi) is 3.38. The van der Waals surface area contributed by atoms with Crippen LogP contribution in [0.15, 0.2) is 18.2 Å². The molecule has 1 heterocycles. The minimum absolute atomic E-state index is 0.0153. The standard InChI is InChI=1S/C12H14F2N2O/c13-9-3-8(4-10(14)6-9)5-12(17)16-2-1-11(15)7-16/h3-4,6,11H,1-2,5,7,15H2. The normalized spacial score (nSPS) is 19.7. The summed E-state index contributed by atoms with van der Waals surface area (Å²) >= 11 is 0. The van der Waals surface area contributed by atoms with Gasteiger partial charge in [-0.2, -0.15) is 0 Å². The van der Waals surface area contributed by atoms with Crippen molar-refractivity contribution in [1.82, 2.24) is 4.90 Å². The fraction of sp³-hybridized carbons (Fsp3) is 0.417. The van der Waals surface area contributed by atoms with E-state index in [1.54, 1.807) is 4.90 Å². The molecule has 1 atom stereocenters. The van der Waals surface area contributed by atoms with Crippen LogP contribution in [0.2, 0.25) is 0 Å². The van der Waals surface area contributed by atoms with Crippen molar-refractivity contribution in [3.05, 3.63) is 35.4 Å². The van der Waals surface area contributed by atoms with E-state index >= 15 is 0 Å². The first kappa shape index (κ1) is 12.0. The van der Waals surface area contributed by atoms with Crippen LogP contribution in [0.4, 0.5) is 8.78 Å². The van der Waals surface area contributed by atoms with Gasteiger partial charge in [0.05, 0.1) is 6.42 Å². The molecule has 1 amide bonds. The molecule has 1 aliphatic heterocycles. The molecule has 0 spiro atoms. The summed E-state index contributed by atoms with van der Waals surface area (Å²) in [6.45, 7) is 1.15. The Morgan fingerprint density at radius 3 is 2.53 bits per heavy atom. The third kappa shape index (κ3) is 3.00. The number of hydrogen-bond acceptors (Lipinski definition) is 2. The molecule has 0 aliphatic carbocycles. The van der Waals surface area contributed by atoms with E-state index in [9.17, 15) is 13.6 Å². The number of benzene rings is 1. The van der Waals surface area contributed by atoms with Crippen molar-refractivity contribution in [2.45, 2.75) is 18.9 Å². The van der Waals surface area contributed by atoms with Gasteiger partial charge in [-0.05, 0) is 24.1 Å². The molecule has 1 aliphatic rings. The van der Waals surface area contributed by atoms with E-state index in [4.69, 9.17) is 5.73 Å². The molecule has 92 valence electrons. The number of amides is 1. The van der Waals surface area contributed by atoms with Gasteiger partial charge in [0.25, 0.3) is 0 Å². The summed E-state index contributed by atoms with van der Waals surface area (Å²) in [4.78, 5) is 13.4. The molecule has 0 bridgehead atoms. The average Bonchev–Trinajstić information content (AvgIpc) is 2.63. The minimum Gasteiger partial charge on any atom is -0.341 e. The lowest BCUT2D eigenvalue weighted by Crippen LogP contribution is -2.32. The van der Waals surface area contributed by atoms with E-state index in [0.29, 0.717) is 18.7 Å². The van der Waals surface area contributed by atoms with Gasteiger partial charge in [0.1, 0.15) is 11.6 Å². The second kappa shape index (κ2) is 4.79. The summed E-state index contributed by atoms with van der Waals surface area (Å²) in [7, 11) is 0. The summed E-state index contributed by atoms with van der Waals surface area (Å²) in [5.74, 6) is -1.46. The quantitative estimate of drug-likeness (QED) is 0.840. The van der Waals surface area contributed by atoms with Crippen LogP contribution in [0.25, 0.3) is 0 Å². The number of halogens is 2. The number of nitrogens with two attached hydrogens (primary N) is 1. The lowest BCUT2D eigenvalue weighted by atomic mass is 10.1. The van der Waals surface area contributed by atoms with Gasteiger partial charge in [0, 0.05) is 25.2 Å². The van der Waals surface area contributed by atoms with Gasteiger partial charge in [-0.25, -0.2) is 8.78 Å². The summed E-state index contributed by atoms with van der Waals surface area (Å²) < 4.78 is 25.9. The van der Waals surface area contributed by atoms with Crippen molar-refractivity contribution >= 4 is 5.91 Å². The second-order valence-electron chi connectivity index (χ2n) is 4.34. The molecule has 3 nitrogen and oxygen atoms in total. The lowest BCUT2D eigenvalue weighted by molar-refractivity contribution is -0.129. The van der Waals surface area contributed by atoms with Crippen molar-refractivity contribution in [2.24, 2.45) is 5.73 Å². The minimum atomic E-state index is -0.661. The van der Waals surface area contributed by atoms with E-state index in [0.717, 1.165) is 12.5 Å². The van der Waals surface area contributed by atoms with E-state index in [1.807, 2.05) is 0 Å². The Labute approximate surface area is 98.2 Å². The number of nitrogens with zero attached hydrogens (tertiary/aromatic N) is 1. The molecule has 1 fully saturated rings. The molecule has 2 N–H and O–H groups in total. The van der Waals surface area contributed by atoms with E-state index < -0.39 is 11.6 Å². The van der Waals surface area contributed by atoms with Crippen LogP contribution in [-0.4, -0.2) is 29.9 Å². The van der Waals surface area contributed by atoms with Gasteiger partial charge in [0.2, 0.25) is 5.91 Å². The zero-order chi connectivity index (χ0) is 12.4. The Bertz CT molecular complexity index is 416. The van der Waals surface area contributed by atoms with Crippen LogP contribution in [-0.2, 0) is 11.2 Å². The molecule has 1 unspecified atom stereocenters. The fourth-order valence-corrected chi connectivity index (χ4v) is 2.01. The predicted molar refractivity (Wildman–Crippen MR) is 59.2 cm³/mol. The highest BCUT2D eigenvalue weighted by atomic mass is 19.1. The summed E-state index contributed by atoms with van der Waals surface area (Å²) in [6, 6.07) is 3.16. The van der Waals surface area contributed by atoms with E-state index in [2.05, 4.69) is 0 Å². The number of rotatable bonds is 2. The smallest absolute Gasteiger partial charge is 0.227 e. The van der Waals surface area contributed by atoms with Crippen LogP contribution >= 0.6 is 0 Å². The topological polar surface area (TPSA) is 46.3 Å². The van der Waals surface area contributed by atoms with Crippen LogP contribution < -0.4 is 5.73 Å². The molecule has 0 radical (unpaired) electrons. The fourth-order valence-electron chi connectivity index (χ4n) is 2.01. The Morgan fingerprint density at radius 1 is 1.35 bits per heavy atom. The van der Waals surface area contributed by atoms with Crippen molar-refractivity contribution in [2.75, 3.05) is 13.1 Å². The second-order valence-corrected chi connectivity index (χ2v) is 4.34. The van der Waals surface area contributed by atoms with Crippen LogP contribution in [0, 0.1) is 11.6 Å². The SMILES string of the molecule is NC1CCN(C(=O)Cc2cc(F)cc(F)c2)C1. The largest absolute Gasteiger partial charge is 0.341 e. The summed E-state index contributed by atoms with van der Waals surface area (Å²) in [5.41, 5.74) is 6.05. The first-order chi connectivity index (χ1) is 8.04. The lowest BCUT2D eigenvalue weighted by Gasteiger charge is -2.15. The summed E-state index contributed by atoms with van der Waals surface area (Å²) in [5, 5.41) is 0. The molecular formula is C12H14F2N2O. The van der Waals surface area contributed by atoms with Crippen molar-refractivity contribution in [1.29, 1.82) is 0 Å². The van der Waals surface area contributed by atoms with Gasteiger partial charge >= 0.3 is 0 Å². The van der Waals surface area contributed by atoms with Crippen molar-refractivity contribution < 1.29 is 13.6 Å². The highest BCUT2D eigenvalue weighted by Crippen LogP contribution is 2.12. The van der Waals surface area contributed by atoms with Gasteiger partial charge in [-0.3, -0.25) is 4.79 Å². The molecule has 17 heavy (non-hydrogen) atoms. The molecule has 1 aromatic rings. The maximum Gasteiger partial charge on any atom is 0.227 e. The van der Waals surface area contributed by atoms with Crippen molar-refractivity contribution in [3.63, 3.8) is 0 Å². The number of hydrogen-bond donors (Lipinski definition) is 1. The molecule has 0 saturated carbocycles. The van der Waals surface area contributed by atoms with Crippen molar-refractivity contribution in [3.8, 4) is 0 Å². The number of carbonyl (C=O) groups is 1. The summed E-state index contributed by atoms with van der Waals surface area (Å²) in [6.07, 6.45) is 0.796. The zero-order valence-corrected chi connectivity index (χ0v) is 9.33. The number of likely N-dealkylation sites (tertiary alicyclic amines) is 1. The van der Waals surface area contributed by atoms with Gasteiger partial charge in [0.15, 0.2) is 0 Å². The predicted octanol–water partition coefficient (Wildman–Crippen LogP) is 1.07. The zero-order valence-electron chi connectivity index (χ0n) is 9.33. The molecule has 1 saturated heterocycles. The van der Waals surface area contributed by atoms with Crippen LogP contribution in [0.3, 0.4) is 0 Å². The molecule has 1 aromatic carbocycles. The first-order valence-corrected chi connectivity index (χ1v) is 5.53. The van der Waals surface area contributed by atoms with Gasteiger partial charge in [-0.1, -0.05) is 0 Å². The van der Waals surface area contributed by atoms with Crippen LogP contribution in [0.5, 0.6) is 0 Å². The Morgan fingerprint density at radius 2 is 2.00 bits per heavy atom. The van der Waals surface area contributed by atoms with Gasteiger partial charge < -0.3 is 10.6 Å². The maximum absolute atomic E-state index is 12.9. The maximum atomic E-state index is 12.9. The molecule has 2 rings (SSSR count). The van der Waals surface area contributed by atoms with Crippen LogP contribution in [0.1, 0.15) is 12.0 Å². The molecular weight excluding hydrogens is 226 g/mol. The van der Waals surface area contributed by atoms with E-state index in [1.165, 1.54) is 12.1 Å².